The van der Waals surface area contributed by atoms with Crippen molar-refractivity contribution in [2.75, 3.05) is 20.8 Å². The first-order chi connectivity index (χ1) is 8.34. The van der Waals surface area contributed by atoms with Gasteiger partial charge in [-0.15, -0.1) is 0 Å². The summed E-state index contributed by atoms with van der Waals surface area (Å²) >= 11 is 6.10. The minimum Gasteiger partial charge on any atom is -0.481 e. The Morgan fingerprint density at radius 2 is 1.94 bits per heavy atom. The molecule has 0 rings (SSSR count). The summed E-state index contributed by atoms with van der Waals surface area (Å²) in [6.07, 6.45) is 4.65. The molecule has 0 saturated carbocycles. The van der Waals surface area contributed by atoms with E-state index in [2.05, 4.69) is 4.99 Å². The number of nitrogens with zero attached hydrogens (tertiary/aromatic N) is 1. The molecule has 0 spiro atoms. The number of rotatable bonds is 5. The minimum atomic E-state index is -0.216. The van der Waals surface area contributed by atoms with Crippen LogP contribution in [-0.2, 0) is 9.47 Å². The van der Waals surface area contributed by atoms with Gasteiger partial charge in [0, 0.05) is 17.7 Å². The fourth-order valence-electron chi connectivity index (χ4n) is 1.25. The third-order valence-corrected chi connectivity index (χ3v) is 2.31. The Hall–Kier alpha value is -0.800. The van der Waals surface area contributed by atoms with Crippen LogP contribution < -0.4 is 0 Å². The van der Waals surface area contributed by atoms with Crippen LogP contribution in [0.15, 0.2) is 27.7 Å². The Morgan fingerprint density at radius 3 is 2.33 bits per heavy atom. The second-order valence-corrected chi connectivity index (χ2v) is 5.24. The van der Waals surface area contributed by atoms with Crippen LogP contribution in [0.25, 0.3) is 0 Å². The standard InChI is InChI=1S/C14H24ClNO2/c1-7-8-12(15)9-11(13(16-5)17-6)10-18-14(2,3)4/h8-9H,7,10H2,1-6H3/b11-9-,12-8-,16-13?. The van der Waals surface area contributed by atoms with Crippen molar-refractivity contribution in [3.8, 4) is 0 Å². The molecule has 104 valence electrons. The number of allylic oxidation sites excluding steroid dienone is 3. The molecular weight excluding hydrogens is 250 g/mol. The quantitative estimate of drug-likeness (QED) is 0.432. The first-order valence-electron chi connectivity index (χ1n) is 6.05. The van der Waals surface area contributed by atoms with Crippen LogP contribution in [0.4, 0.5) is 0 Å². The molecule has 0 aliphatic rings. The van der Waals surface area contributed by atoms with Crippen molar-refractivity contribution in [1.29, 1.82) is 0 Å². The molecule has 0 saturated heterocycles. The number of methoxy groups -OCH3 is 1. The molecule has 0 amide bonds. The predicted octanol–water partition coefficient (Wildman–Crippen LogP) is 3.94. The van der Waals surface area contributed by atoms with Gasteiger partial charge in [-0.25, -0.2) is 0 Å². The molecule has 0 N–H and O–H groups in total. The molecule has 18 heavy (non-hydrogen) atoms. The molecule has 0 unspecified atom stereocenters. The van der Waals surface area contributed by atoms with Crippen molar-refractivity contribution in [1.82, 2.24) is 0 Å². The number of hydrogen-bond donors (Lipinski definition) is 0. The van der Waals surface area contributed by atoms with E-state index in [9.17, 15) is 0 Å². The number of halogens is 1. The maximum absolute atomic E-state index is 6.10. The van der Waals surface area contributed by atoms with Crippen LogP contribution >= 0.6 is 11.6 Å². The molecule has 0 radical (unpaired) electrons. The average Bonchev–Trinajstić information content (AvgIpc) is 2.26. The average molecular weight is 274 g/mol. The lowest BCUT2D eigenvalue weighted by molar-refractivity contribution is 0.0123. The van der Waals surface area contributed by atoms with Crippen LogP contribution in [0.5, 0.6) is 0 Å². The summed E-state index contributed by atoms with van der Waals surface area (Å²) in [6.45, 7) is 8.46. The molecule has 0 aromatic heterocycles. The van der Waals surface area contributed by atoms with E-state index in [0.29, 0.717) is 17.5 Å². The monoisotopic (exact) mass is 273 g/mol. The molecule has 0 aliphatic carbocycles. The topological polar surface area (TPSA) is 30.8 Å². The summed E-state index contributed by atoms with van der Waals surface area (Å²) in [5.41, 5.74) is 0.622. The van der Waals surface area contributed by atoms with Crippen molar-refractivity contribution >= 4 is 17.5 Å². The van der Waals surface area contributed by atoms with Gasteiger partial charge in [-0.05, 0) is 33.3 Å². The minimum absolute atomic E-state index is 0.216. The normalized spacial score (nSPS) is 14.9. The van der Waals surface area contributed by atoms with E-state index in [1.807, 2.05) is 39.8 Å². The van der Waals surface area contributed by atoms with Gasteiger partial charge in [0.2, 0.25) is 5.90 Å². The Morgan fingerprint density at radius 1 is 1.33 bits per heavy atom. The highest BCUT2D eigenvalue weighted by molar-refractivity contribution is 6.31. The number of aliphatic imine (C=N–C) groups is 1. The third-order valence-electron chi connectivity index (χ3n) is 2.04. The molecule has 0 aromatic rings. The zero-order valence-electron chi connectivity index (χ0n) is 12.2. The highest BCUT2D eigenvalue weighted by Crippen LogP contribution is 2.15. The molecule has 0 atom stereocenters. The van der Waals surface area contributed by atoms with E-state index in [-0.39, 0.29) is 5.60 Å². The Bertz CT molecular complexity index is 338. The second kappa shape index (κ2) is 8.33. The zero-order valence-corrected chi connectivity index (χ0v) is 13.0. The SMILES string of the molecule is CC/C=C(Cl)/C=C(/COC(C)(C)C)C(=NC)OC. The lowest BCUT2D eigenvalue weighted by Crippen LogP contribution is -2.23. The maximum atomic E-state index is 6.10. The summed E-state index contributed by atoms with van der Waals surface area (Å²) in [7, 11) is 3.27. The van der Waals surface area contributed by atoms with E-state index >= 15 is 0 Å². The van der Waals surface area contributed by atoms with E-state index in [1.54, 1.807) is 14.2 Å². The van der Waals surface area contributed by atoms with Crippen LogP contribution in [0.2, 0.25) is 0 Å². The molecule has 0 heterocycles. The van der Waals surface area contributed by atoms with Crippen LogP contribution in [0.3, 0.4) is 0 Å². The van der Waals surface area contributed by atoms with Gasteiger partial charge in [0.05, 0.1) is 19.3 Å². The Kier molecular flexibility index (Phi) is 7.96. The largest absolute Gasteiger partial charge is 0.481 e. The number of ether oxygens (including phenoxy) is 2. The van der Waals surface area contributed by atoms with E-state index in [0.717, 1.165) is 12.0 Å². The van der Waals surface area contributed by atoms with Crippen molar-refractivity contribution in [3.05, 3.63) is 22.8 Å². The summed E-state index contributed by atoms with van der Waals surface area (Å²) in [5, 5.41) is 0.670. The van der Waals surface area contributed by atoms with Gasteiger partial charge in [-0.2, -0.15) is 0 Å². The smallest absolute Gasteiger partial charge is 0.213 e. The van der Waals surface area contributed by atoms with E-state index in [4.69, 9.17) is 21.1 Å². The molecule has 0 bridgehead atoms. The lowest BCUT2D eigenvalue weighted by atomic mass is 10.2. The first-order valence-corrected chi connectivity index (χ1v) is 6.43. The Balaban J connectivity index is 5.01. The van der Waals surface area contributed by atoms with E-state index < -0.39 is 0 Å². The lowest BCUT2D eigenvalue weighted by Gasteiger charge is -2.21. The van der Waals surface area contributed by atoms with Gasteiger partial charge < -0.3 is 9.47 Å². The van der Waals surface area contributed by atoms with Crippen molar-refractivity contribution in [2.24, 2.45) is 4.99 Å². The van der Waals surface area contributed by atoms with Crippen molar-refractivity contribution in [3.63, 3.8) is 0 Å². The second-order valence-electron chi connectivity index (χ2n) is 4.80. The van der Waals surface area contributed by atoms with Crippen LogP contribution in [0.1, 0.15) is 34.1 Å². The molecule has 0 fully saturated rings. The van der Waals surface area contributed by atoms with Crippen LogP contribution in [-0.4, -0.2) is 32.3 Å². The summed E-state index contributed by atoms with van der Waals surface area (Å²) in [5.74, 6) is 0.543. The van der Waals surface area contributed by atoms with Gasteiger partial charge in [-0.3, -0.25) is 4.99 Å². The first kappa shape index (κ1) is 17.2. The predicted molar refractivity (Wildman–Crippen MR) is 78.4 cm³/mol. The molecule has 3 nitrogen and oxygen atoms in total. The molecule has 0 aliphatic heterocycles. The molecule has 4 heteroatoms. The fourth-order valence-corrected chi connectivity index (χ4v) is 1.53. The molecular formula is C14H24ClNO2. The van der Waals surface area contributed by atoms with Crippen LogP contribution in [0, 0.1) is 0 Å². The van der Waals surface area contributed by atoms with E-state index in [1.165, 1.54) is 0 Å². The number of hydrogen-bond acceptors (Lipinski definition) is 3. The van der Waals surface area contributed by atoms with Gasteiger partial charge in [0.1, 0.15) is 0 Å². The maximum Gasteiger partial charge on any atom is 0.213 e. The summed E-state index contributed by atoms with van der Waals surface area (Å²) < 4.78 is 11.0. The summed E-state index contributed by atoms with van der Waals surface area (Å²) in [6, 6.07) is 0. The van der Waals surface area contributed by atoms with Crippen molar-refractivity contribution in [2.45, 2.75) is 39.7 Å². The van der Waals surface area contributed by atoms with Gasteiger partial charge in [0.15, 0.2) is 0 Å². The highest BCUT2D eigenvalue weighted by atomic mass is 35.5. The fraction of sp³-hybridized carbons (Fsp3) is 0.643. The molecule has 0 aromatic carbocycles. The zero-order chi connectivity index (χ0) is 14.2. The third kappa shape index (κ3) is 7.51. The van der Waals surface area contributed by atoms with Gasteiger partial charge >= 0.3 is 0 Å². The van der Waals surface area contributed by atoms with Gasteiger partial charge in [-0.1, -0.05) is 24.6 Å². The Labute approximate surface area is 116 Å². The summed E-state index contributed by atoms with van der Waals surface area (Å²) in [4.78, 5) is 4.08. The highest BCUT2D eigenvalue weighted by Gasteiger charge is 2.14. The van der Waals surface area contributed by atoms with Crippen molar-refractivity contribution < 1.29 is 9.47 Å². The van der Waals surface area contributed by atoms with Gasteiger partial charge in [0.25, 0.3) is 0 Å².